The van der Waals surface area contributed by atoms with E-state index in [0.717, 1.165) is 5.56 Å². The second kappa shape index (κ2) is 6.87. The highest BCUT2D eigenvalue weighted by molar-refractivity contribution is 5.89. The van der Waals surface area contributed by atoms with Gasteiger partial charge in [-0.15, -0.1) is 0 Å². The second-order valence-electron chi connectivity index (χ2n) is 6.73. The number of nitrogens with one attached hydrogen (secondary N) is 1. The fraction of sp³-hybridized carbons (Fsp3) is 0.556. The summed E-state index contributed by atoms with van der Waals surface area (Å²) < 4.78 is 26.3. The molecule has 0 spiro atoms. The summed E-state index contributed by atoms with van der Waals surface area (Å²) in [6, 6.07) is 9.17. The molecule has 1 saturated heterocycles. The van der Waals surface area contributed by atoms with E-state index >= 15 is 0 Å². The van der Waals surface area contributed by atoms with Gasteiger partial charge in [0, 0.05) is 31.8 Å². The lowest BCUT2D eigenvalue weighted by atomic mass is 9.86. The zero-order valence-electron chi connectivity index (χ0n) is 13.5. The molecule has 2 fully saturated rings. The van der Waals surface area contributed by atoms with Crippen LogP contribution in [-0.4, -0.2) is 35.2 Å². The second-order valence-corrected chi connectivity index (χ2v) is 6.73. The maximum absolute atomic E-state index is 13.2. The number of amides is 2. The van der Waals surface area contributed by atoms with Crippen LogP contribution in [0.5, 0.6) is 0 Å². The van der Waals surface area contributed by atoms with Crippen molar-refractivity contribution in [3.8, 4) is 0 Å². The average Bonchev–Trinajstić information content (AvgIpc) is 2.89. The van der Waals surface area contributed by atoms with Gasteiger partial charge in [0.15, 0.2) is 0 Å². The van der Waals surface area contributed by atoms with Crippen LogP contribution >= 0.6 is 0 Å². The molecule has 1 aliphatic heterocycles. The van der Waals surface area contributed by atoms with Gasteiger partial charge in [-0.2, -0.15) is 0 Å². The smallest absolute Gasteiger partial charge is 0.248 e. The van der Waals surface area contributed by atoms with Crippen LogP contribution in [0.15, 0.2) is 30.3 Å². The number of hydrogen-bond acceptors (Lipinski definition) is 2. The van der Waals surface area contributed by atoms with Crippen LogP contribution in [0.1, 0.15) is 37.7 Å². The van der Waals surface area contributed by atoms with E-state index in [1.165, 1.54) is 0 Å². The van der Waals surface area contributed by atoms with Crippen LogP contribution in [-0.2, 0) is 16.1 Å². The molecule has 0 unspecified atom stereocenters. The predicted octanol–water partition coefficient (Wildman–Crippen LogP) is 2.73. The van der Waals surface area contributed by atoms with Crippen LogP contribution in [0, 0.1) is 5.92 Å². The standard InChI is InChI=1S/C18H22F2N2O2/c19-18(20)9-6-14(7-10-18)16(23)21-15-8-11-22(17(15)24)12-13-4-2-1-3-5-13/h1-5,14-15H,6-12H2,(H,21,23)/t15-/m1/s1. The maximum atomic E-state index is 13.2. The Morgan fingerprint density at radius 1 is 1.17 bits per heavy atom. The monoisotopic (exact) mass is 336 g/mol. The minimum atomic E-state index is -2.65. The Morgan fingerprint density at radius 3 is 2.50 bits per heavy atom. The van der Waals surface area contributed by atoms with Crippen LogP contribution < -0.4 is 5.32 Å². The number of hydrogen-bond donors (Lipinski definition) is 1. The first-order valence-corrected chi connectivity index (χ1v) is 8.45. The summed E-state index contributed by atoms with van der Waals surface area (Å²) in [6.45, 7) is 1.13. The zero-order valence-corrected chi connectivity index (χ0v) is 13.5. The molecule has 130 valence electrons. The van der Waals surface area contributed by atoms with Gasteiger partial charge in [0.2, 0.25) is 17.7 Å². The number of alkyl halides is 2. The van der Waals surface area contributed by atoms with E-state index in [0.29, 0.717) is 19.5 Å². The van der Waals surface area contributed by atoms with Gasteiger partial charge in [-0.05, 0) is 24.8 Å². The van der Waals surface area contributed by atoms with Crippen molar-refractivity contribution < 1.29 is 18.4 Å². The minimum Gasteiger partial charge on any atom is -0.344 e. The lowest BCUT2D eigenvalue weighted by Crippen LogP contribution is -2.45. The van der Waals surface area contributed by atoms with Crippen LogP contribution in [0.4, 0.5) is 8.78 Å². The SMILES string of the molecule is O=C(N[C@@H]1CCN(Cc2ccccc2)C1=O)C1CCC(F)(F)CC1. The van der Waals surface area contributed by atoms with E-state index in [1.54, 1.807) is 4.90 Å². The molecule has 2 amide bonds. The van der Waals surface area contributed by atoms with Gasteiger partial charge in [0.25, 0.3) is 0 Å². The topological polar surface area (TPSA) is 49.4 Å². The summed E-state index contributed by atoms with van der Waals surface area (Å²) in [6.07, 6.45) is 0.453. The van der Waals surface area contributed by atoms with Gasteiger partial charge >= 0.3 is 0 Å². The molecule has 3 rings (SSSR count). The summed E-state index contributed by atoms with van der Waals surface area (Å²) in [7, 11) is 0. The Labute approximate surface area is 140 Å². The third-order valence-electron chi connectivity index (χ3n) is 4.92. The summed E-state index contributed by atoms with van der Waals surface area (Å²) in [5.41, 5.74) is 1.05. The Kier molecular flexibility index (Phi) is 4.83. The highest BCUT2D eigenvalue weighted by Gasteiger charge is 2.39. The van der Waals surface area contributed by atoms with Gasteiger partial charge in [0.1, 0.15) is 6.04 Å². The van der Waals surface area contributed by atoms with Crippen molar-refractivity contribution in [2.75, 3.05) is 6.54 Å². The maximum Gasteiger partial charge on any atom is 0.248 e. The molecular formula is C18H22F2N2O2. The molecule has 1 aliphatic carbocycles. The minimum absolute atomic E-state index is 0.0895. The molecule has 0 aromatic heterocycles. The molecule has 6 heteroatoms. The number of carbonyl (C=O) groups is 2. The lowest BCUT2D eigenvalue weighted by Gasteiger charge is -2.28. The summed E-state index contributed by atoms with van der Waals surface area (Å²) in [4.78, 5) is 26.4. The molecule has 1 heterocycles. The number of benzene rings is 1. The molecule has 1 aromatic carbocycles. The Morgan fingerprint density at radius 2 is 1.83 bits per heavy atom. The first-order valence-electron chi connectivity index (χ1n) is 8.45. The highest BCUT2D eigenvalue weighted by atomic mass is 19.3. The molecule has 4 nitrogen and oxygen atoms in total. The van der Waals surface area contributed by atoms with Crippen molar-refractivity contribution in [2.24, 2.45) is 5.92 Å². The van der Waals surface area contributed by atoms with E-state index in [-0.39, 0.29) is 37.5 Å². The van der Waals surface area contributed by atoms with Gasteiger partial charge in [-0.3, -0.25) is 9.59 Å². The van der Waals surface area contributed by atoms with E-state index in [1.807, 2.05) is 30.3 Å². The quantitative estimate of drug-likeness (QED) is 0.919. The Bertz CT molecular complexity index is 596. The third-order valence-corrected chi connectivity index (χ3v) is 4.92. The lowest BCUT2D eigenvalue weighted by molar-refractivity contribution is -0.136. The van der Waals surface area contributed by atoms with Crippen molar-refractivity contribution >= 4 is 11.8 Å². The molecule has 0 bridgehead atoms. The summed E-state index contributed by atoms with van der Waals surface area (Å²) >= 11 is 0. The third kappa shape index (κ3) is 3.91. The van der Waals surface area contributed by atoms with Gasteiger partial charge in [-0.1, -0.05) is 30.3 Å². The molecule has 2 aliphatic rings. The van der Waals surface area contributed by atoms with Gasteiger partial charge in [0.05, 0.1) is 0 Å². The van der Waals surface area contributed by atoms with Crippen molar-refractivity contribution in [3.05, 3.63) is 35.9 Å². The Hall–Kier alpha value is -1.98. The van der Waals surface area contributed by atoms with Crippen molar-refractivity contribution in [1.29, 1.82) is 0 Å². The predicted molar refractivity (Wildman–Crippen MR) is 85.3 cm³/mol. The van der Waals surface area contributed by atoms with E-state index in [4.69, 9.17) is 0 Å². The molecule has 1 atom stereocenters. The largest absolute Gasteiger partial charge is 0.344 e. The fourth-order valence-electron chi connectivity index (χ4n) is 3.43. The normalized spacial score (nSPS) is 24.2. The Balaban J connectivity index is 1.51. The molecule has 24 heavy (non-hydrogen) atoms. The number of rotatable bonds is 4. The van der Waals surface area contributed by atoms with Crippen LogP contribution in [0.3, 0.4) is 0 Å². The van der Waals surface area contributed by atoms with Crippen molar-refractivity contribution in [1.82, 2.24) is 10.2 Å². The summed E-state index contributed by atoms with van der Waals surface area (Å²) in [5.74, 6) is -3.40. The van der Waals surface area contributed by atoms with Crippen molar-refractivity contribution in [3.63, 3.8) is 0 Å². The highest BCUT2D eigenvalue weighted by Crippen LogP contribution is 2.36. The first kappa shape index (κ1) is 16.9. The molecule has 1 aromatic rings. The number of likely N-dealkylation sites (tertiary alicyclic amines) is 1. The number of halogens is 2. The number of nitrogens with zero attached hydrogens (tertiary/aromatic N) is 1. The van der Waals surface area contributed by atoms with Crippen molar-refractivity contribution in [2.45, 2.75) is 50.6 Å². The molecule has 1 N–H and O–H groups in total. The van der Waals surface area contributed by atoms with Crippen LogP contribution in [0.25, 0.3) is 0 Å². The fourth-order valence-corrected chi connectivity index (χ4v) is 3.43. The van der Waals surface area contributed by atoms with E-state index in [2.05, 4.69) is 5.32 Å². The number of carbonyl (C=O) groups excluding carboxylic acids is 2. The molecule has 0 radical (unpaired) electrons. The van der Waals surface area contributed by atoms with Crippen LogP contribution in [0.2, 0.25) is 0 Å². The van der Waals surface area contributed by atoms with E-state index < -0.39 is 17.9 Å². The summed E-state index contributed by atoms with van der Waals surface area (Å²) in [5, 5.41) is 2.77. The molecular weight excluding hydrogens is 314 g/mol. The van der Waals surface area contributed by atoms with Gasteiger partial charge in [-0.25, -0.2) is 8.78 Å². The van der Waals surface area contributed by atoms with E-state index in [9.17, 15) is 18.4 Å². The van der Waals surface area contributed by atoms with Gasteiger partial charge < -0.3 is 10.2 Å². The average molecular weight is 336 g/mol. The molecule has 1 saturated carbocycles. The zero-order chi connectivity index (χ0) is 17.2. The first-order chi connectivity index (χ1) is 11.4.